The Bertz CT molecular complexity index is 1170. The van der Waals surface area contributed by atoms with Crippen molar-refractivity contribution in [2.45, 2.75) is 51.6 Å². The third kappa shape index (κ3) is 3.72. The van der Waals surface area contributed by atoms with Crippen LogP contribution in [0.4, 0.5) is 10.2 Å². The second kappa shape index (κ2) is 8.16. The monoisotopic (exact) mass is 436 g/mol. The minimum absolute atomic E-state index is 0.139. The fraction of sp³-hybridized carbons (Fsp3) is 0.458. The lowest BCUT2D eigenvalue weighted by atomic mass is 9.97. The first-order chi connectivity index (χ1) is 15.4. The van der Waals surface area contributed by atoms with Crippen LogP contribution in [0.5, 0.6) is 0 Å². The van der Waals surface area contributed by atoms with Gasteiger partial charge in [0, 0.05) is 49.1 Å². The third-order valence-corrected chi connectivity index (χ3v) is 6.68. The van der Waals surface area contributed by atoms with Gasteiger partial charge in [0.05, 0.1) is 11.7 Å². The summed E-state index contributed by atoms with van der Waals surface area (Å²) in [5.41, 5.74) is 9.93. The zero-order valence-electron chi connectivity index (χ0n) is 18.6. The summed E-state index contributed by atoms with van der Waals surface area (Å²) in [6, 6.07) is 6.40. The van der Waals surface area contributed by atoms with E-state index in [1.807, 2.05) is 31.0 Å². The normalized spacial score (nSPS) is 21.5. The second-order valence-electron chi connectivity index (χ2n) is 9.08. The van der Waals surface area contributed by atoms with E-state index in [0.717, 1.165) is 67.1 Å². The number of aryl methyl sites for hydroxylation is 2. The van der Waals surface area contributed by atoms with Crippen LogP contribution in [0, 0.1) is 19.7 Å². The molecule has 5 rings (SSSR count). The van der Waals surface area contributed by atoms with Crippen LogP contribution in [0.15, 0.2) is 30.5 Å². The van der Waals surface area contributed by atoms with Crippen LogP contribution in [0.2, 0.25) is 0 Å². The number of rotatable bonds is 3. The van der Waals surface area contributed by atoms with Crippen LogP contribution in [-0.2, 0) is 0 Å². The van der Waals surface area contributed by atoms with Gasteiger partial charge in [-0.25, -0.2) is 13.9 Å². The number of anilines is 1. The zero-order valence-corrected chi connectivity index (χ0v) is 18.6. The molecule has 2 aliphatic heterocycles. The maximum absolute atomic E-state index is 13.9. The molecule has 8 heteroatoms. The van der Waals surface area contributed by atoms with E-state index in [0.29, 0.717) is 12.1 Å². The Morgan fingerprint density at radius 2 is 1.97 bits per heavy atom. The zero-order chi connectivity index (χ0) is 22.4. The summed E-state index contributed by atoms with van der Waals surface area (Å²) in [6.45, 7) is 6.23. The molecule has 1 aromatic carbocycles. The highest BCUT2D eigenvalue weighted by atomic mass is 19.1. The molecule has 2 unspecified atom stereocenters. The largest absolute Gasteiger partial charge is 0.355 e. The van der Waals surface area contributed by atoms with Crippen molar-refractivity contribution in [3.63, 3.8) is 0 Å². The molecular weight excluding hydrogens is 407 g/mol. The molecule has 2 aromatic heterocycles. The van der Waals surface area contributed by atoms with E-state index in [1.54, 1.807) is 10.6 Å². The first-order valence-electron chi connectivity index (χ1n) is 11.4. The first-order valence-corrected chi connectivity index (χ1v) is 11.4. The van der Waals surface area contributed by atoms with Crippen molar-refractivity contribution in [2.75, 3.05) is 24.5 Å². The molecule has 0 radical (unpaired) electrons. The minimum atomic E-state index is -0.394. The number of benzene rings is 1. The van der Waals surface area contributed by atoms with Crippen LogP contribution >= 0.6 is 0 Å². The molecule has 168 valence electrons. The molecule has 2 saturated heterocycles. The molecule has 7 nitrogen and oxygen atoms in total. The topological polar surface area (TPSA) is 79.8 Å². The van der Waals surface area contributed by atoms with Crippen molar-refractivity contribution < 1.29 is 9.18 Å². The molecule has 32 heavy (non-hydrogen) atoms. The summed E-state index contributed by atoms with van der Waals surface area (Å²) in [5, 5.41) is 4.79. The number of hydrogen-bond acceptors (Lipinski definition) is 5. The summed E-state index contributed by atoms with van der Waals surface area (Å²) in [7, 11) is 0. The van der Waals surface area contributed by atoms with Crippen molar-refractivity contribution in [3.8, 4) is 0 Å². The second-order valence-corrected chi connectivity index (χ2v) is 9.08. The maximum atomic E-state index is 13.9. The lowest BCUT2D eigenvalue weighted by molar-refractivity contribution is 0.0604. The summed E-state index contributed by atoms with van der Waals surface area (Å²) < 4.78 is 15.7. The van der Waals surface area contributed by atoms with Gasteiger partial charge in [-0.05, 0) is 57.2 Å². The van der Waals surface area contributed by atoms with Gasteiger partial charge in [-0.3, -0.25) is 4.79 Å². The van der Waals surface area contributed by atoms with Gasteiger partial charge >= 0.3 is 0 Å². The summed E-state index contributed by atoms with van der Waals surface area (Å²) in [5.74, 6) is 0.414. The van der Waals surface area contributed by atoms with E-state index >= 15 is 0 Å². The molecule has 2 N–H and O–H groups in total. The number of fused-ring (bicyclic) bond motifs is 1. The van der Waals surface area contributed by atoms with Gasteiger partial charge in [0.2, 0.25) is 0 Å². The summed E-state index contributed by atoms with van der Waals surface area (Å²) in [6.07, 6.45) is 5.75. The summed E-state index contributed by atoms with van der Waals surface area (Å²) in [4.78, 5) is 22.3. The van der Waals surface area contributed by atoms with Crippen molar-refractivity contribution in [1.29, 1.82) is 0 Å². The molecule has 1 amide bonds. The lowest BCUT2D eigenvalue weighted by Crippen LogP contribution is -2.39. The van der Waals surface area contributed by atoms with Crippen molar-refractivity contribution in [1.82, 2.24) is 19.5 Å². The molecule has 2 aliphatic rings. The number of halogens is 1. The van der Waals surface area contributed by atoms with E-state index in [4.69, 9.17) is 15.8 Å². The standard InChI is InChI=1S/C24H29FN6O/c1-15-6-7-17(25)11-19(15)24(32)30-9-4-3-5-21(30)20-12-22-27-23(16(2)13-31(22)28-20)29-10-8-18(26)14-29/h6-7,11-13,18,21H,3-5,8-10,14,26H2,1-2H3. The number of likely N-dealkylation sites (tertiary alicyclic amines) is 1. The predicted octanol–water partition coefficient (Wildman–Crippen LogP) is 3.39. The van der Waals surface area contributed by atoms with Gasteiger partial charge < -0.3 is 15.5 Å². The predicted molar refractivity (Wildman–Crippen MR) is 121 cm³/mol. The number of amides is 1. The highest BCUT2D eigenvalue weighted by molar-refractivity contribution is 5.96. The Hall–Kier alpha value is -3.00. The number of hydrogen-bond donors (Lipinski definition) is 1. The highest BCUT2D eigenvalue weighted by Crippen LogP contribution is 2.33. The minimum Gasteiger partial charge on any atom is -0.355 e. The number of nitrogens with two attached hydrogens (primary N) is 1. The van der Waals surface area contributed by atoms with Crippen LogP contribution in [-0.4, -0.2) is 51.1 Å². The number of carbonyl (C=O) groups is 1. The number of nitrogens with zero attached hydrogens (tertiary/aromatic N) is 5. The van der Waals surface area contributed by atoms with Gasteiger partial charge in [-0.2, -0.15) is 5.10 Å². The van der Waals surface area contributed by atoms with Gasteiger partial charge in [0.1, 0.15) is 11.6 Å². The Morgan fingerprint density at radius 3 is 2.75 bits per heavy atom. The molecule has 4 heterocycles. The molecule has 2 atom stereocenters. The van der Waals surface area contributed by atoms with Crippen molar-refractivity contribution in [2.24, 2.45) is 5.73 Å². The van der Waals surface area contributed by atoms with Crippen LogP contribution < -0.4 is 10.6 Å². The Morgan fingerprint density at radius 1 is 1.12 bits per heavy atom. The molecular formula is C24H29FN6O. The van der Waals surface area contributed by atoms with Crippen molar-refractivity contribution >= 4 is 17.4 Å². The number of piperidine rings is 1. The van der Waals surface area contributed by atoms with E-state index in [9.17, 15) is 9.18 Å². The number of aromatic nitrogens is 3. The third-order valence-electron chi connectivity index (χ3n) is 6.68. The van der Waals surface area contributed by atoms with E-state index in [-0.39, 0.29) is 18.0 Å². The first kappa shape index (κ1) is 20.9. The lowest BCUT2D eigenvalue weighted by Gasteiger charge is -2.35. The molecule has 0 bridgehead atoms. The fourth-order valence-electron chi connectivity index (χ4n) is 4.94. The Balaban J connectivity index is 1.48. The average Bonchev–Trinajstić information content (AvgIpc) is 3.40. The smallest absolute Gasteiger partial charge is 0.254 e. The Labute approximate surface area is 187 Å². The van der Waals surface area contributed by atoms with E-state index in [2.05, 4.69) is 4.90 Å². The Kier molecular flexibility index (Phi) is 5.33. The van der Waals surface area contributed by atoms with Gasteiger partial charge in [-0.15, -0.1) is 0 Å². The quantitative estimate of drug-likeness (QED) is 0.681. The van der Waals surface area contributed by atoms with Crippen LogP contribution in [0.3, 0.4) is 0 Å². The van der Waals surface area contributed by atoms with Crippen LogP contribution in [0.1, 0.15) is 58.9 Å². The van der Waals surface area contributed by atoms with Gasteiger partial charge in [-0.1, -0.05) is 6.07 Å². The highest BCUT2D eigenvalue weighted by Gasteiger charge is 2.32. The maximum Gasteiger partial charge on any atom is 0.254 e. The van der Waals surface area contributed by atoms with Crippen molar-refractivity contribution in [3.05, 3.63) is 58.7 Å². The summed E-state index contributed by atoms with van der Waals surface area (Å²) >= 11 is 0. The molecule has 3 aromatic rings. The van der Waals surface area contributed by atoms with E-state index in [1.165, 1.54) is 12.1 Å². The van der Waals surface area contributed by atoms with Gasteiger partial charge in [0.15, 0.2) is 5.65 Å². The van der Waals surface area contributed by atoms with Gasteiger partial charge in [0.25, 0.3) is 5.91 Å². The van der Waals surface area contributed by atoms with E-state index < -0.39 is 5.82 Å². The van der Waals surface area contributed by atoms with Crippen LogP contribution in [0.25, 0.3) is 5.65 Å². The molecule has 2 fully saturated rings. The molecule has 0 spiro atoms. The molecule has 0 saturated carbocycles. The average molecular weight is 437 g/mol. The SMILES string of the molecule is Cc1ccc(F)cc1C(=O)N1CCCCC1c1cc2nc(N3CCC(N)C3)c(C)cn2n1. The molecule has 0 aliphatic carbocycles. The number of carbonyl (C=O) groups excluding carboxylic acids is 1. The fourth-order valence-corrected chi connectivity index (χ4v) is 4.94.